The van der Waals surface area contributed by atoms with Crippen LogP contribution in [0, 0.1) is 0 Å². The standard InChI is InChI=1S/C19H17NOS/c21-19(16-9-5-2-6-10-16)17-11-12-18(20-13-17)22-14-15-7-3-1-4-8-15/h1-13,19,21H,14H2/t19-/m1/s1. The lowest BCUT2D eigenvalue weighted by atomic mass is 10.0. The highest BCUT2D eigenvalue weighted by molar-refractivity contribution is 7.98. The van der Waals surface area contributed by atoms with Gasteiger partial charge in [0.2, 0.25) is 0 Å². The Morgan fingerprint density at radius 1 is 0.818 bits per heavy atom. The van der Waals surface area contributed by atoms with Gasteiger partial charge in [-0.05, 0) is 17.2 Å². The third-order valence-electron chi connectivity index (χ3n) is 3.42. The number of hydrogen-bond donors (Lipinski definition) is 1. The largest absolute Gasteiger partial charge is 0.384 e. The van der Waals surface area contributed by atoms with Crippen LogP contribution >= 0.6 is 11.8 Å². The second-order valence-corrected chi connectivity index (χ2v) is 6.01. The first kappa shape index (κ1) is 14.8. The predicted octanol–water partition coefficient (Wildman–Crippen LogP) is 4.46. The fraction of sp³-hybridized carbons (Fsp3) is 0.105. The van der Waals surface area contributed by atoms with E-state index in [1.165, 1.54) is 5.56 Å². The summed E-state index contributed by atoms with van der Waals surface area (Å²) in [6.07, 6.45) is 1.13. The van der Waals surface area contributed by atoms with Crippen LogP contribution in [-0.4, -0.2) is 10.1 Å². The molecule has 110 valence electrons. The molecule has 0 aliphatic rings. The summed E-state index contributed by atoms with van der Waals surface area (Å²) in [7, 11) is 0. The summed E-state index contributed by atoms with van der Waals surface area (Å²) in [6.45, 7) is 0. The van der Waals surface area contributed by atoms with E-state index >= 15 is 0 Å². The van der Waals surface area contributed by atoms with Crippen molar-refractivity contribution >= 4 is 11.8 Å². The van der Waals surface area contributed by atoms with Crippen molar-refractivity contribution in [2.24, 2.45) is 0 Å². The summed E-state index contributed by atoms with van der Waals surface area (Å²) >= 11 is 1.70. The topological polar surface area (TPSA) is 33.1 Å². The maximum Gasteiger partial charge on any atom is 0.106 e. The summed E-state index contributed by atoms with van der Waals surface area (Å²) in [5, 5.41) is 11.3. The van der Waals surface area contributed by atoms with Crippen LogP contribution in [0.5, 0.6) is 0 Å². The van der Waals surface area contributed by atoms with Gasteiger partial charge >= 0.3 is 0 Å². The monoisotopic (exact) mass is 307 g/mol. The van der Waals surface area contributed by atoms with Gasteiger partial charge in [0.05, 0.1) is 5.03 Å². The molecule has 1 atom stereocenters. The number of hydrogen-bond acceptors (Lipinski definition) is 3. The van der Waals surface area contributed by atoms with Gasteiger partial charge in [-0.3, -0.25) is 0 Å². The molecule has 0 amide bonds. The lowest BCUT2D eigenvalue weighted by molar-refractivity contribution is 0.219. The zero-order chi connectivity index (χ0) is 15.2. The summed E-state index contributed by atoms with van der Waals surface area (Å²) in [6, 6.07) is 23.9. The van der Waals surface area contributed by atoms with Crippen LogP contribution in [0.1, 0.15) is 22.8 Å². The van der Waals surface area contributed by atoms with Crippen LogP contribution in [0.15, 0.2) is 84.0 Å². The van der Waals surface area contributed by atoms with Gasteiger partial charge in [-0.25, -0.2) is 4.98 Å². The van der Waals surface area contributed by atoms with E-state index in [0.717, 1.165) is 21.9 Å². The molecule has 3 heteroatoms. The predicted molar refractivity (Wildman–Crippen MR) is 90.7 cm³/mol. The Hall–Kier alpha value is -2.10. The minimum atomic E-state index is -0.623. The molecule has 2 nitrogen and oxygen atoms in total. The highest BCUT2D eigenvalue weighted by Crippen LogP contribution is 2.24. The van der Waals surface area contributed by atoms with E-state index in [0.29, 0.717) is 0 Å². The Morgan fingerprint density at radius 3 is 2.14 bits per heavy atom. The molecule has 0 radical (unpaired) electrons. The zero-order valence-electron chi connectivity index (χ0n) is 12.1. The molecule has 1 heterocycles. The quantitative estimate of drug-likeness (QED) is 0.707. The number of thioether (sulfide) groups is 1. The molecule has 3 aromatic rings. The van der Waals surface area contributed by atoms with Gasteiger partial charge in [0.25, 0.3) is 0 Å². The van der Waals surface area contributed by atoms with Crippen molar-refractivity contribution in [2.45, 2.75) is 16.9 Å². The van der Waals surface area contributed by atoms with Crippen LogP contribution in [0.25, 0.3) is 0 Å². The summed E-state index contributed by atoms with van der Waals surface area (Å²) < 4.78 is 0. The molecule has 1 aromatic heterocycles. The van der Waals surface area contributed by atoms with Crippen LogP contribution in [0.4, 0.5) is 0 Å². The van der Waals surface area contributed by atoms with Crippen molar-refractivity contribution in [2.75, 3.05) is 0 Å². The highest BCUT2D eigenvalue weighted by Gasteiger charge is 2.10. The Bertz CT molecular complexity index is 699. The van der Waals surface area contributed by atoms with Gasteiger partial charge in [0.1, 0.15) is 6.10 Å². The lowest BCUT2D eigenvalue weighted by Gasteiger charge is -2.11. The number of aliphatic hydroxyl groups excluding tert-OH is 1. The smallest absolute Gasteiger partial charge is 0.106 e. The number of aliphatic hydroxyl groups is 1. The molecule has 22 heavy (non-hydrogen) atoms. The van der Waals surface area contributed by atoms with Crippen molar-refractivity contribution in [3.8, 4) is 0 Å². The van der Waals surface area contributed by atoms with Gasteiger partial charge < -0.3 is 5.11 Å². The van der Waals surface area contributed by atoms with Crippen molar-refractivity contribution in [3.63, 3.8) is 0 Å². The van der Waals surface area contributed by atoms with Crippen molar-refractivity contribution in [1.29, 1.82) is 0 Å². The molecule has 1 N–H and O–H groups in total. The van der Waals surface area contributed by atoms with Crippen molar-refractivity contribution < 1.29 is 5.11 Å². The van der Waals surface area contributed by atoms with E-state index in [1.807, 2.05) is 60.7 Å². The Labute approximate surface area is 134 Å². The minimum absolute atomic E-state index is 0.623. The van der Waals surface area contributed by atoms with Crippen molar-refractivity contribution in [3.05, 3.63) is 95.7 Å². The summed E-state index contributed by atoms with van der Waals surface area (Å²) in [4.78, 5) is 4.44. The van der Waals surface area contributed by atoms with E-state index in [-0.39, 0.29) is 0 Å². The lowest BCUT2D eigenvalue weighted by Crippen LogP contribution is -2.00. The second kappa shape index (κ2) is 7.25. The van der Waals surface area contributed by atoms with Gasteiger partial charge in [-0.2, -0.15) is 0 Å². The summed E-state index contributed by atoms with van der Waals surface area (Å²) in [5.74, 6) is 0.897. The third kappa shape index (κ3) is 3.75. The van der Waals surface area contributed by atoms with E-state index in [9.17, 15) is 5.11 Å². The maximum absolute atomic E-state index is 10.3. The number of benzene rings is 2. The molecular formula is C19H17NOS. The van der Waals surface area contributed by atoms with Gasteiger partial charge in [-0.1, -0.05) is 66.7 Å². The molecule has 0 aliphatic carbocycles. The van der Waals surface area contributed by atoms with Gasteiger partial charge in [-0.15, -0.1) is 11.8 Å². The number of rotatable bonds is 5. The first-order chi connectivity index (χ1) is 10.8. The van der Waals surface area contributed by atoms with E-state index in [2.05, 4.69) is 17.1 Å². The first-order valence-corrected chi connectivity index (χ1v) is 8.17. The minimum Gasteiger partial charge on any atom is -0.384 e. The van der Waals surface area contributed by atoms with Gasteiger partial charge in [0, 0.05) is 17.5 Å². The molecule has 3 rings (SSSR count). The highest BCUT2D eigenvalue weighted by atomic mass is 32.2. The maximum atomic E-state index is 10.3. The molecule has 0 bridgehead atoms. The zero-order valence-corrected chi connectivity index (χ0v) is 12.9. The average molecular weight is 307 g/mol. The normalized spacial score (nSPS) is 12.0. The fourth-order valence-corrected chi connectivity index (χ4v) is 3.00. The van der Waals surface area contributed by atoms with Crippen molar-refractivity contribution in [1.82, 2.24) is 4.98 Å². The molecule has 0 spiro atoms. The SMILES string of the molecule is O[C@H](c1ccccc1)c1ccc(SCc2ccccc2)nc1. The van der Waals surface area contributed by atoms with Crippen LogP contribution in [0.2, 0.25) is 0 Å². The first-order valence-electron chi connectivity index (χ1n) is 7.18. The Morgan fingerprint density at radius 2 is 1.50 bits per heavy atom. The molecule has 0 unspecified atom stereocenters. The second-order valence-electron chi connectivity index (χ2n) is 5.02. The Balaban J connectivity index is 1.65. The number of nitrogens with zero attached hydrogens (tertiary/aromatic N) is 1. The Kier molecular flexibility index (Phi) is 4.88. The molecule has 0 saturated carbocycles. The third-order valence-corrected chi connectivity index (χ3v) is 4.43. The van der Waals surface area contributed by atoms with E-state index in [4.69, 9.17) is 0 Å². The molecule has 0 aliphatic heterocycles. The molecular weight excluding hydrogens is 290 g/mol. The van der Waals surface area contributed by atoms with Crippen LogP contribution < -0.4 is 0 Å². The van der Waals surface area contributed by atoms with Crippen LogP contribution in [-0.2, 0) is 5.75 Å². The van der Waals surface area contributed by atoms with Gasteiger partial charge in [0.15, 0.2) is 0 Å². The van der Waals surface area contributed by atoms with E-state index < -0.39 is 6.10 Å². The average Bonchev–Trinajstić information content (AvgIpc) is 2.61. The molecule has 2 aromatic carbocycles. The molecule has 0 fully saturated rings. The van der Waals surface area contributed by atoms with Crippen LogP contribution in [0.3, 0.4) is 0 Å². The van der Waals surface area contributed by atoms with E-state index in [1.54, 1.807) is 18.0 Å². The number of pyridine rings is 1. The fourth-order valence-electron chi connectivity index (χ4n) is 2.20. The molecule has 0 saturated heterocycles. The number of aromatic nitrogens is 1. The summed E-state index contributed by atoms with van der Waals surface area (Å²) in [5.41, 5.74) is 2.98.